The Bertz CT molecular complexity index is 1120. The predicted octanol–water partition coefficient (Wildman–Crippen LogP) is 6.39. The normalized spacial score (nSPS) is 14.5. The minimum atomic E-state index is -4.81. The third-order valence-corrected chi connectivity index (χ3v) is 5.37. The molecule has 2 aromatic carbocycles. The predicted molar refractivity (Wildman–Crippen MR) is 113 cm³/mol. The number of hydrogen-bond acceptors (Lipinski definition) is 4. The molecule has 34 heavy (non-hydrogen) atoms. The maximum Gasteiger partial charge on any atom is 0.422 e. The molecule has 4 nitrogen and oxygen atoms in total. The van der Waals surface area contributed by atoms with Crippen molar-refractivity contribution >= 4 is 0 Å². The van der Waals surface area contributed by atoms with E-state index in [1.165, 1.54) is 55.1 Å². The van der Waals surface area contributed by atoms with Crippen molar-refractivity contribution in [2.75, 3.05) is 6.61 Å². The molecule has 0 saturated carbocycles. The Morgan fingerprint density at radius 1 is 0.794 bits per heavy atom. The first-order valence-electron chi connectivity index (χ1n) is 10.1. The number of rotatable bonds is 5. The average Bonchev–Trinajstić information content (AvgIpc) is 2.76. The summed E-state index contributed by atoms with van der Waals surface area (Å²) in [6.07, 6.45) is -5.57. The highest BCUT2D eigenvalue weighted by Crippen LogP contribution is 2.49. The van der Waals surface area contributed by atoms with Crippen molar-refractivity contribution in [2.45, 2.75) is 38.7 Å². The van der Waals surface area contributed by atoms with E-state index in [2.05, 4.69) is 14.7 Å². The van der Waals surface area contributed by atoms with Crippen molar-refractivity contribution in [3.8, 4) is 16.9 Å². The van der Waals surface area contributed by atoms with E-state index in [9.17, 15) is 31.4 Å². The first-order valence-corrected chi connectivity index (χ1v) is 10.1. The third kappa shape index (κ3) is 5.32. The van der Waals surface area contributed by atoms with E-state index in [-0.39, 0.29) is 22.4 Å². The minimum absolute atomic E-state index is 0.0695. The van der Waals surface area contributed by atoms with Crippen molar-refractivity contribution < 1.29 is 36.2 Å². The Hall–Kier alpha value is -3.14. The first-order chi connectivity index (χ1) is 15.6. The monoisotopic (exact) mass is 484 g/mol. The Kier molecular flexibility index (Phi) is 6.67. The summed E-state index contributed by atoms with van der Waals surface area (Å²) in [5.74, 6) is -0.0695. The van der Waals surface area contributed by atoms with E-state index in [0.717, 1.165) is 6.07 Å². The summed E-state index contributed by atoms with van der Waals surface area (Å²) >= 11 is 0. The maximum atomic E-state index is 14.2. The highest BCUT2D eigenvalue weighted by molar-refractivity contribution is 5.66. The van der Waals surface area contributed by atoms with Crippen molar-refractivity contribution in [3.05, 3.63) is 77.9 Å². The number of aliphatic hydroxyl groups is 1. The molecule has 0 aliphatic rings. The van der Waals surface area contributed by atoms with Gasteiger partial charge >= 0.3 is 12.4 Å². The van der Waals surface area contributed by atoms with Gasteiger partial charge in [0.2, 0.25) is 0 Å². The lowest BCUT2D eigenvalue weighted by atomic mass is 9.67. The summed E-state index contributed by atoms with van der Waals surface area (Å²) in [5, 5.41) is 11.7. The number of nitrogens with zero attached hydrogens (tertiary/aromatic N) is 2. The molecule has 3 aromatic rings. The van der Waals surface area contributed by atoms with Crippen LogP contribution in [0.1, 0.15) is 37.5 Å². The van der Waals surface area contributed by atoms with Crippen LogP contribution in [0.25, 0.3) is 11.1 Å². The van der Waals surface area contributed by atoms with E-state index in [1.807, 2.05) is 0 Å². The van der Waals surface area contributed by atoms with Crippen LogP contribution < -0.4 is 4.74 Å². The van der Waals surface area contributed by atoms with Gasteiger partial charge < -0.3 is 9.84 Å². The minimum Gasteiger partial charge on any atom is -0.484 e. The van der Waals surface area contributed by atoms with Crippen LogP contribution in [-0.4, -0.2) is 27.9 Å². The molecule has 1 atom stereocenters. The molecule has 10 heteroatoms. The molecule has 0 bridgehead atoms. The van der Waals surface area contributed by atoms with E-state index in [0.29, 0.717) is 5.56 Å². The van der Waals surface area contributed by atoms with Gasteiger partial charge in [-0.05, 0) is 34.7 Å². The van der Waals surface area contributed by atoms with Crippen LogP contribution >= 0.6 is 0 Å². The Labute approximate surface area is 192 Å². The molecular formula is C24H22F6N2O2. The first kappa shape index (κ1) is 25.5. The molecule has 0 radical (unpaired) electrons. The van der Waals surface area contributed by atoms with Gasteiger partial charge in [0.05, 0.1) is 5.56 Å². The topological polar surface area (TPSA) is 55.2 Å². The summed E-state index contributed by atoms with van der Waals surface area (Å²) < 4.78 is 84.2. The molecule has 1 aromatic heterocycles. The average molecular weight is 484 g/mol. The summed E-state index contributed by atoms with van der Waals surface area (Å²) in [4.78, 5) is 7.70. The largest absolute Gasteiger partial charge is 0.484 e. The van der Waals surface area contributed by atoms with Gasteiger partial charge in [-0.2, -0.15) is 26.3 Å². The van der Waals surface area contributed by atoms with E-state index < -0.39 is 35.5 Å². The van der Waals surface area contributed by atoms with Crippen molar-refractivity contribution in [3.63, 3.8) is 0 Å². The van der Waals surface area contributed by atoms with Gasteiger partial charge in [0, 0.05) is 23.5 Å². The summed E-state index contributed by atoms with van der Waals surface area (Å²) in [6.45, 7) is 3.34. The molecule has 182 valence electrons. The van der Waals surface area contributed by atoms with Crippen molar-refractivity contribution in [1.29, 1.82) is 0 Å². The standard InChI is InChI=1S/C24H22F6N2O2/c1-21(2,3)23(33,17-11-31-14-32-12-17)19-9-6-16(10-20(19)24(28,29)30)15-4-7-18(8-5-15)34-13-22(25,26)27/h4-12,14,33H,13H2,1-3H3. The molecule has 1 heterocycles. The van der Waals surface area contributed by atoms with E-state index >= 15 is 0 Å². The highest BCUT2D eigenvalue weighted by atomic mass is 19.4. The lowest BCUT2D eigenvalue weighted by Crippen LogP contribution is -2.42. The van der Waals surface area contributed by atoms with E-state index in [1.54, 1.807) is 20.8 Å². The van der Waals surface area contributed by atoms with Crippen LogP contribution in [0.4, 0.5) is 26.3 Å². The van der Waals surface area contributed by atoms with Gasteiger partial charge in [-0.3, -0.25) is 0 Å². The molecule has 0 fully saturated rings. The van der Waals surface area contributed by atoms with E-state index in [4.69, 9.17) is 0 Å². The van der Waals surface area contributed by atoms with Crippen molar-refractivity contribution in [1.82, 2.24) is 9.97 Å². The lowest BCUT2D eigenvalue weighted by Gasteiger charge is -2.42. The smallest absolute Gasteiger partial charge is 0.422 e. The zero-order chi connectivity index (χ0) is 25.4. The number of aromatic nitrogens is 2. The fourth-order valence-electron chi connectivity index (χ4n) is 3.66. The van der Waals surface area contributed by atoms with Gasteiger partial charge in [-0.15, -0.1) is 0 Å². The zero-order valence-corrected chi connectivity index (χ0v) is 18.5. The zero-order valence-electron chi connectivity index (χ0n) is 18.5. The van der Waals surface area contributed by atoms with Gasteiger partial charge in [0.25, 0.3) is 0 Å². The van der Waals surface area contributed by atoms with Crippen LogP contribution in [0.3, 0.4) is 0 Å². The van der Waals surface area contributed by atoms with Crippen molar-refractivity contribution in [2.24, 2.45) is 5.41 Å². The van der Waals surface area contributed by atoms with Gasteiger partial charge in [-0.25, -0.2) is 9.97 Å². The van der Waals surface area contributed by atoms with Crippen LogP contribution in [0.5, 0.6) is 5.75 Å². The Morgan fingerprint density at radius 2 is 1.35 bits per heavy atom. The quantitative estimate of drug-likeness (QED) is 0.427. The fourth-order valence-corrected chi connectivity index (χ4v) is 3.66. The lowest BCUT2D eigenvalue weighted by molar-refractivity contribution is -0.153. The molecule has 0 amide bonds. The number of benzene rings is 2. The Morgan fingerprint density at radius 3 is 1.85 bits per heavy atom. The summed E-state index contributed by atoms with van der Waals surface area (Å²) in [5.41, 5.74) is -3.96. The molecule has 0 spiro atoms. The Balaban J connectivity index is 2.09. The van der Waals surface area contributed by atoms with Gasteiger partial charge in [0.1, 0.15) is 17.7 Å². The maximum absolute atomic E-state index is 14.2. The SMILES string of the molecule is CC(C)(C)C(O)(c1cncnc1)c1ccc(-c2ccc(OCC(F)(F)F)cc2)cc1C(F)(F)F. The van der Waals surface area contributed by atoms with Crippen LogP contribution in [0.2, 0.25) is 0 Å². The summed E-state index contributed by atoms with van der Waals surface area (Å²) in [7, 11) is 0. The highest BCUT2D eigenvalue weighted by Gasteiger charge is 2.49. The molecule has 1 N–H and O–H groups in total. The molecule has 0 aliphatic heterocycles. The second-order valence-corrected chi connectivity index (χ2v) is 8.77. The number of alkyl halides is 6. The van der Waals surface area contributed by atoms with Gasteiger partial charge in [-0.1, -0.05) is 45.0 Å². The molecule has 3 rings (SSSR count). The number of halogens is 6. The summed E-state index contributed by atoms with van der Waals surface area (Å²) in [6, 6.07) is 8.73. The van der Waals surface area contributed by atoms with Crippen LogP contribution in [-0.2, 0) is 11.8 Å². The number of ether oxygens (including phenoxy) is 1. The van der Waals surface area contributed by atoms with Crippen LogP contribution in [0.15, 0.2) is 61.2 Å². The number of hydrogen-bond donors (Lipinski definition) is 1. The van der Waals surface area contributed by atoms with Gasteiger partial charge in [0.15, 0.2) is 6.61 Å². The second kappa shape index (κ2) is 8.90. The fraction of sp³-hybridized carbons (Fsp3) is 0.333. The third-order valence-electron chi connectivity index (χ3n) is 5.37. The molecule has 1 unspecified atom stereocenters. The molecular weight excluding hydrogens is 462 g/mol. The second-order valence-electron chi connectivity index (χ2n) is 8.77. The molecule has 0 saturated heterocycles. The van der Waals surface area contributed by atoms with Crippen LogP contribution in [0, 0.1) is 5.41 Å². The molecule has 0 aliphatic carbocycles.